The highest BCUT2D eigenvalue weighted by atomic mass is 16.5. The Kier molecular flexibility index (Phi) is 3.94. The Bertz CT molecular complexity index is 435. The summed E-state index contributed by atoms with van der Waals surface area (Å²) in [6.07, 6.45) is 0.722. The topological polar surface area (TPSA) is 78.6 Å². The first-order valence-electron chi connectivity index (χ1n) is 5.80. The molecule has 1 atom stereocenters. The Morgan fingerprint density at radius 2 is 2.06 bits per heavy atom. The van der Waals surface area contributed by atoms with E-state index < -0.39 is 5.91 Å². The van der Waals surface area contributed by atoms with Gasteiger partial charge in [0.05, 0.1) is 12.5 Å². The summed E-state index contributed by atoms with van der Waals surface area (Å²) in [4.78, 5) is 22.5. The van der Waals surface area contributed by atoms with Gasteiger partial charge in [-0.25, -0.2) is 0 Å². The minimum atomic E-state index is -0.471. The lowest BCUT2D eigenvalue weighted by Crippen LogP contribution is -2.17. The number of ether oxygens (including phenoxy) is 2. The molecule has 1 fully saturated rings. The Labute approximate surface area is 105 Å². The summed E-state index contributed by atoms with van der Waals surface area (Å²) < 4.78 is 10.3. The molecule has 2 rings (SSSR count). The van der Waals surface area contributed by atoms with Crippen molar-refractivity contribution in [1.29, 1.82) is 0 Å². The molecule has 1 amide bonds. The monoisotopic (exact) mass is 249 g/mol. The van der Waals surface area contributed by atoms with Gasteiger partial charge in [0.1, 0.15) is 6.61 Å². The van der Waals surface area contributed by atoms with Gasteiger partial charge < -0.3 is 15.2 Å². The van der Waals surface area contributed by atoms with Gasteiger partial charge in [-0.05, 0) is 24.1 Å². The first-order chi connectivity index (χ1) is 8.66. The molecule has 0 radical (unpaired) electrons. The lowest BCUT2D eigenvalue weighted by atomic mass is 10.1. The van der Waals surface area contributed by atoms with Gasteiger partial charge in [0.2, 0.25) is 5.91 Å². The van der Waals surface area contributed by atoms with E-state index >= 15 is 0 Å². The fourth-order valence-corrected chi connectivity index (χ4v) is 1.76. The first kappa shape index (κ1) is 12.6. The number of carbonyl (C=O) groups is 2. The molecule has 2 N–H and O–H groups in total. The van der Waals surface area contributed by atoms with Gasteiger partial charge in [-0.1, -0.05) is 12.1 Å². The van der Waals surface area contributed by atoms with Crippen molar-refractivity contribution >= 4 is 11.9 Å². The molecule has 0 unspecified atom stereocenters. The maximum absolute atomic E-state index is 11.6. The molecule has 1 aliphatic rings. The highest BCUT2D eigenvalue weighted by molar-refractivity contribution is 5.92. The summed E-state index contributed by atoms with van der Waals surface area (Å²) in [5, 5.41) is 0. The van der Waals surface area contributed by atoms with Crippen molar-refractivity contribution in [3.63, 3.8) is 0 Å². The summed E-state index contributed by atoms with van der Waals surface area (Å²) in [6, 6.07) is 6.67. The van der Waals surface area contributed by atoms with Crippen molar-refractivity contribution in [2.24, 2.45) is 11.7 Å². The lowest BCUT2D eigenvalue weighted by Gasteiger charge is -2.08. The number of carbonyl (C=O) groups excluding carboxylic acids is 2. The van der Waals surface area contributed by atoms with Crippen LogP contribution in [0.5, 0.6) is 0 Å². The second-order valence-electron chi connectivity index (χ2n) is 4.23. The standard InChI is InChI=1S/C13H15NO4/c14-12(15)10-3-1-9(2-4-10)7-18-13(16)11-5-6-17-8-11/h1-4,11H,5-8H2,(H2,14,15)/t11-/m0/s1. The van der Waals surface area contributed by atoms with Crippen molar-refractivity contribution in [2.75, 3.05) is 13.2 Å². The Morgan fingerprint density at radius 1 is 1.33 bits per heavy atom. The van der Waals surface area contributed by atoms with Gasteiger partial charge in [-0.3, -0.25) is 9.59 Å². The van der Waals surface area contributed by atoms with Gasteiger partial charge >= 0.3 is 5.97 Å². The van der Waals surface area contributed by atoms with Gasteiger partial charge in [0, 0.05) is 12.2 Å². The summed E-state index contributed by atoms with van der Waals surface area (Å²) in [5.74, 6) is -0.844. The molecule has 1 aliphatic heterocycles. The number of esters is 1. The van der Waals surface area contributed by atoms with Gasteiger partial charge in [0.25, 0.3) is 0 Å². The number of hydrogen-bond donors (Lipinski definition) is 1. The molecule has 1 aromatic carbocycles. The third kappa shape index (κ3) is 3.07. The first-order valence-corrected chi connectivity index (χ1v) is 5.80. The van der Waals surface area contributed by atoms with E-state index in [9.17, 15) is 9.59 Å². The maximum Gasteiger partial charge on any atom is 0.311 e. The number of hydrogen-bond acceptors (Lipinski definition) is 4. The molecule has 5 heteroatoms. The summed E-state index contributed by atoms with van der Waals surface area (Å²) in [6.45, 7) is 1.26. The van der Waals surface area contributed by atoms with Crippen LogP contribution in [-0.4, -0.2) is 25.1 Å². The molecular weight excluding hydrogens is 234 g/mol. The highest BCUT2D eigenvalue weighted by Gasteiger charge is 2.24. The molecule has 0 bridgehead atoms. The van der Waals surface area contributed by atoms with Gasteiger partial charge in [0.15, 0.2) is 0 Å². The van der Waals surface area contributed by atoms with Crippen LogP contribution in [0.4, 0.5) is 0 Å². The molecule has 0 saturated carbocycles. The zero-order chi connectivity index (χ0) is 13.0. The van der Waals surface area contributed by atoms with Crippen LogP contribution in [0.1, 0.15) is 22.3 Å². The molecule has 1 aromatic rings. The molecule has 1 heterocycles. The molecule has 0 aromatic heterocycles. The second kappa shape index (κ2) is 5.64. The van der Waals surface area contributed by atoms with Crippen LogP contribution in [0.3, 0.4) is 0 Å². The average molecular weight is 249 g/mol. The predicted molar refractivity (Wildman–Crippen MR) is 63.7 cm³/mol. The molecular formula is C13H15NO4. The molecule has 0 aliphatic carbocycles. The largest absolute Gasteiger partial charge is 0.461 e. The fourth-order valence-electron chi connectivity index (χ4n) is 1.76. The number of benzene rings is 1. The van der Waals surface area contributed by atoms with Crippen molar-refractivity contribution in [3.8, 4) is 0 Å². The van der Waals surface area contributed by atoms with E-state index in [1.807, 2.05) is 0 Å². The third-order valence-corrected chi connectivity index (χ3v) is 2.88. The van der Waals surface area contributed by atoms with Crippen LogP contribution >= 0.6 is 0 Å². The van der Waals surface area contributed by atoms with E-state index in [1.54, 1.807) is 24.3 Å². The number of amides is 1. The molecule has 18 heavy (non-hydrogen) atoms. The van der Waals surface area contributed by atoms with Gasteiger partial charge in [-0.2, -0.15) is 0 Å². The highest BCUT2D eigenvalue weighted by Crippen LogP contribution is 2.15. The van der Waals surface area contributed by atoms with E-state index in [-0.39, 0.29) is 18.5 Å². The Balaban J connectivity index is 1.86. The molecule has 0 spiro atoms. The minimum absolute atomic E-state index is 0.144. The number of rotatable bonds is 4. The van der Waals surface area contributed by atoms with Crippen molar-refractivity contribution in [1.82, 2.24) is 0 Å². The zero-order valence-corrected chi connectivity index (χ0v) is 9.93. The van der Waals surface area contributed by atoms with Crippen LogP contribution in [0.15, 0.2) is 24.3 Å². The summed E-state index contributed by atoms with van der Waals surface area (Å²) in [7, 11) is 0. The van der Waals surface area contributed by atoms with Crippen LogP contribution in [0.25, 0.3) is 0 Å². The SMILES string of the molecule is NC(=O)c1ccc(COC(=O)[C@H]2CCOC2)cc1. The fraction of sp³-hybridized carbons (Fsp3) is 0.385. The Hall–Kier alpha value is -1.88. The maximum atomic E-state index is 11.6. The van der Waals surface area contributed by atoms with Crippen LogP contribution in [0.2, 0.25) is 0 Å². The zero-order valence-electron chi connectivity index (χ0n) is 9.93. The average Bonchev–Trinajstić information content (AvgIpc) is 2.90. The predicted octanol–water partition coefficient (Wildman–Crippen LogP) is 0.865. The normalized spacial score (nSPS) is 18.6. The van der Waals surface area contributed by atoms with E-state index in [2.05, 4.69) is 0 Å². The molecule has 5 nitrogen and oxygen atoms in total. The third-order valence-electron chi connectivity index (χ3n) is 2.88. The smallest absolute Gasteiger partial charge is 0.311 e. The second-order valence-corrected chi connectivity index (χ2v) is 4.23. The quantitative estimate of drug-likeness (QED) is 0.803. The van der Waals surface area contributed by atoms with Crippen LogP contribution in [-0.2, 0) is 20.9 Å². The van der Waals surface area contributed by atoms with Crippen molar-refractivity contribution in [3.05, 3.63) is 35.4 Å². The number of nitrogens with two attached hydrogens (primary N) is 1. The van der Waals surface area contributed by atoms with Crippen molar-refractivity contribution in [2.45, 2.75) is 13.0 Å². The van der Waals surface area contributed by atoms with Gasteiger partial charge in [-0.15, -0.1) is 0 Å². The minimum Gasteiger partial charge on any atom is -0.461 e. The summed E-state index contributed by atoms with van der Waals surface area (Å²) >= 11 is 0. The summed E-state index contributed by atoms with van der Waals surface area (Å²) in [5.41, 5.74) is 6.40. The number of primary amides is 1. The van der Waals surface area contributed by atoms with Crippen LogP contribution < -0.4 is 5.73 Å². The molecule has 96 valence electrons. The molecule has 1 saturated heterocycles. The van der Waals surface area contributed by atoms with E-state index in [4.69, 9.17) is 15.2 Å². The van der Waals surface area contributed by atoms with E-state index in [0.29, 0.717) is 18.8 Å². The van der Waals surface area contributed by atoms with Crippen LogP contribution in [0, 0.1) is 5.92 Å². The van der Waals surface area contributed by atoms with E-state index in [1.165, 1.54) is 0 Å². The van der Waals surface area contributed by atoms with E-state index in [0.717, 1.165) is 12.0 Å². The Morgan fingerprint density at radius 3 is 2.61 bits per heavy atom. The lowest BCUT2D eigenvalue weighted by molar-refractivity contribution is -0.149. The van der Waals surface area contributed by atoms with Crippen molar-refractivity contribution < 1.29 is 19.1 Å².